The van der Waals surface area contributed by atoms with Crippen LogP contribution in [0, 0.1) is 0 Å². The number of hydrogen-bond acceptors (Lipinski definition) is 3. The molecule has 0 bridgehead atoms. The van der Waals surface area contributed by atoms with Crippen LogP contribution in [0.25, 0.3) is 16.8 Å². The summed E-state index contributed by atoms with van der Waals surface area (Å²) in [4.78, 5) is 2.32. The smallest absolute Gasteiger partial charge is 0.121 e. The highest BCUT2D eigenvalue weighted by atomic mass is 15.4. The van der Waals surface area contributed by atoms with Crippen LogP contribution < -0.4 is 4.90 Å². The number of aromatic nitrogens is 3. The molecule has 23 heavy (non-hydrogen) atoms. The van der Waals surface area contributed by atoms with Crippen LogP contribution in [-0.2, 0) is 7.05 Å². The normalized spacial score (nSPS) is 15.7. The van der Waals surface area contributed by atoms with Crippen LogP contribution in [0.15, 0.2) is 42.0 Å². The van der Waals surface area contributed by atoms with E-state index in [9.17, 15) is 0 Å². The van der Waals surface area contributed by atoms with Crippen LogP contribution in [0.1, 0.15) is 32.4 Å². The number of allylic oxidation sites excluding steroid dienone is 2. The summed E-state index contributed by atoms with van der Waals surface area (Å²) in [6, 6.07) is 8.50. The quantitative estimate of drug-likeness (QED) is 0.736. The van der Waals surface area contributed by atoms with Crippen molar-refractivity contribution in [2.45, 2.75) is 26.7 Å². The molecular weight excluding hydrogens is 284 g/mol. The standard InChI is InChI=1S/C17H18N4.C2H6/c1-20-11-12-7-3-4-8-13(12)16-17(21(2)19-18-16)14-9-5-6-10-15(14)20;1-2/h5-10H,3-4,11H2,1-2H3;1-2H3. The number of aryl methyl sites for hydroxylation is 1. The van der Waals surface area contributed by atoms with Crippen LogP contribution in [0.2, 0.25) is 0 Å². The van der Waals surface area contributed by atoms with Gasteiger partial charge in [0, 0.05) is 37.5 Å². The van der Waals surface area contributed by atoms with Gasteiger partial charge in [-0.15, -0.1) is 5.10 Å². The zero-order valence-corrected chi connectivity index (χ0v) is 14.4. The Kier molecular flexibility index (Phi) is 4.33. The van der Waals surface area contributed by atoms with Gasteiger partial charge in [0.2, 0.25) is 0 Å². The first-order valence-corrected chi connectivity index (χ1v) is 8.36. The fourth-order valence-electron chi connectivity index (χ4n) is 3.31. The number of para-hydroxylation sites is 1. The van der Waals surface area contributed by atoms with Gasteiger partial charge in [0.1, 0.15) is 5.69 Å². The molecule has 0 fully saturated rings. The largest absolute Gasteiger partial charge is 0.370 e. The molecule has 0 radical (unpaired) electrons. The van der Waals surface area contributed by atoms with Gasteiger partial charge >= 0.3 is 0 Å². The lowest BCUT2D eigenvalue weighted by atomic mass is 9.90. The summed E-state index contributed by atoms with van der Waals surface area (Å²) in [5, 5.41) is 8.73. The van der Waals surface area contributed by atoms with Crippen molar-refractivity contribution >= 4 is 11.3 Å². The van der Waals surface area contributed by atoms with Crippen LogP contribution in [0.5, 0.6) is 0 Å². The van der Waals surface area contributed by atoms with Gasteiger partial charge in [0.25, 0.3) is 0 Å². The molecule has 4 heteroatoms. The maximum Gasteiger partial charge on any atom is 0.121 e. The molecule has 1 aliphatic heterocycles. The highest BCUT2D eigenvalue weighted by Gasteiger charge is 2.26. The van der Waals surface area contributed by atoms with Crippen molar-refractivity contribution in [1.82, 2.24) is 15.0 Å². The molecular formula is C19H24N4. The molecule has 4 rings (SSSR count). The van der Waals surface area contributed by atoms with Crippen LogP contribution in [0.4, 0.5) is 5.69 Å². The molecule has 0 unspecified atom stereocenters. The predicted molar refractivity (Wildman–Crippen MR) is 96.4 cm³/mol. The first kappa shape index (κ1) is 15.5. The Bertz CT molecular complexity index is 767. The summed E-state index contributed by atoms with van der Waals surface area (Å²) >= 11 is 0. The predicted octanol–water partition coefficient (Wildman–Crippen LogP) is 4.06. The van der Waals surface area contributed by atoms with Gasteiger partial charge in [-0.05, 0) is 24.5 Å². The fraction of sp³-hybridized carbons (Fsp3) is 0.368. The molecule has 0 saturated carbocycles. The Morgan fingerprint density at radius 2 is 1.74 bits per heavy atom. The van der Waals surface area contributed by atoms with Gasteiger partial charge in [-0.1, -0.05) is 49.4 Å². The molecule has 1 aliphatic carbocycles. The summed E-state index contributed by atoms with van der Waals surface area (Å²) in [6.07, 6.45) is 6.85. The van der Waals surface area contributed by atoms with E-state index in [-0.39, 0.29) is 0 Å². The van der Waals surface area contributed by atoms with Crippen molar-refractivity contribution in [1.29, 1.82) is 0 Å². The molecule has 0 atom stereocenters. The summed E-state index contributed by atoms with van der Waals surface area (Å²) in [6.45, 7) is 4.92. The average Bonchev–Trinajstić information content (AvgIpc) is 2.97. The van der Waals surface area contributed by atoms with E-state index in [0.717, 1.165) is 30.8 Å². The van der Waals surface area contributed by atoms with Crippen LogP contribution >= 0.6 is 0 Å². The van der Waals surface area contributed by atoms with Gasteiger partial charge in [0.15, 0.2) is 0 Å². The molecule has 4 nitrogen and oxygen atoms in total. The van der Waals surface area contributed by atoms with Gasteiger partial charge in [-0.3, -0.25) is 0 Å². The molecule has 0 amide bonds. The fourth-order valence-corrected chi connectivity index (χ4v) is 3.31. The van der Waals surface area contributed by atoms with Crippen molar-refractivity contribution in [3.05, 3.63) is 47.7 Å². The van der Waals surface area contributed by atoms with E-state index < -0.39 is 0 Å². The van der Waals surface area contributed by atoms with E-state index in [0.29, 0.717) is 0 Å². The van der Waals surface area contributed by atoms with Crippen molar-refractivity contribution in [2.75, 3.05) is 18.5 Å². The summed E-state index contributed by atoms with van der Waals surface area (Å²) in [7, 11) is 4.12. The number of benzene rings is 1. The second-order valence-electron chi connectivity index (χ2n) is 5.71. The summed E-state index contributed by atoms with van der Waals surface area (Å²) < 4.78 is 1.89. The third kappa shape index (κ3) is 2.58. The Morgan fingerprint density at radius 1 is 1.00 bits per heavy atom. The topological polar surface area (TPSA) is 34.0 Å². The molecule has 0 spiro atoms. The molecule has 0 N–H and O–H groups in total. The molecule has 1 aromatic heterocycles. The van der Waals surface area contributed by atoms with E-state index >= 15 is 0 Å². The molecule has 2 heterocycles. The van der Waals surface area contributed by atoms with Crippen molar-refractivity contribution < 1.29 is 0 Å². The minimum atomic E-state index is 0.916. The minimum Gasteiger partial charge on any atom is -0.370 e. The highest BCUT2D eigenvalue weighted by molar-refractivity contribution is 5.91. The lowest BCUT2D eigenvalue weighted by Crippen LogP contribution is -2.24. The van der Waals surface area contributed by atoms with E-state index in [4.69, 9.17) is 0 Å². The van der Waals surface area contributed by atoms with E-state index in [1.165, 1.54) is 22.4 Å². The first-order valence-electron chi connectivity index (χ1n) is 8.36. The van der Waals surface area contributed by atoms with Crippen molar-refractivity contribution in [3.63, 3.8) is 0 Å². The molecule has 120 valence electrons. The van der Waals surface area contributed by atoms with Gasteiger partial charge < -0.3 is 4.90 Å². The third-order valence-corrected chi connectivity index (χ3v) is 4.31. The third-order valence-electron chi connectivity index (χ3n) is 4.31. The number of hydrogen-bond donors (Lipinski definition) is 0. The lowest BCUT2D eigenvalue weighted by molar-refractivity contribution is 0.720. The Balaban J connectivity index is 0.000000753. The molecule has 1 aromatic carbocycles. The highest BCUT2D eigenvalue weighted by Crippen LogP contribution is 2.40. The van der Waals surface area contributed by atoms with Crippen LogP contribution in [-0.4, -0.2) is 28.6 Å². The second kappa shape index (κ2) is 6.41. The number of rotatable bonds is 0. The maximum atomic E-state index is 4.45. The van der Waals surface area contributed by atoms with Gasteiger partial charge in [0.05, 0.1) is 5.69 Å². The number of anilines is 1. The number of nitrogens with zero attached hydrogens (tertiary/aromatic N) is 4. The average molecular weight is 308 g/mol. The van der Waals surface area contributed by atoms with Crippen LogP contribution in [0.3, 0.4) is 0 Å². The number of fused-ring (bicyclic) bond motifs is 5. The molecule has 0 saturated heterocycles. The Morgan fingerprint density at radius 3 is 2.57 bits per heavy atom. The maximum absolute atomic E-state index is 4.45. The lowest BCUT2D eigenvalue weighted by Gasteiger charge is -2.28. The SMILES string of the molecule is CC.CN1CC2=CCCC=C2c2nnn(C)c2-c2ccccc21. The minimum absolute atomic E-state index is 0.916. The van der Waals surface area contributed by atoms with Crippen molar-refractivity contribution in [3.8, 4) is 11.3 Å². The van der Waals surface area contributed by atoms with Gasteiger partial charge in [-0.2, -0.15) is 0 Å². The molecule has 2 aromatic rings. The first-order chi connectivity index (χ1) is 11.3. The zero-order valence-electron chi connectivity index (χ0n) is 14.4. The zero-order chi connectivity index (χ0) is 16.4. The van der Waals surface area contributed by atoms with E-state index in [1.54, 1.807) is 0 Å². The van der Waals surface area contributed by atoms with E-state index in [1.807, 2.05) is 25.6 Å². The second-order valence-corrected chi connectivity index (χ2v) is 5.71. The Hall–Kier alpha value is -2.36. The monoisotopic (exact) mass is 308 g/mol. The van der Waals surface area contributed by atoms with Crippen molar-refractivity contribution in [2.24, 2.45) is 7.05 Å². The number of likely N-dealkylation sites (N-methyl/N-ethyl adjacent to an activating group) is 1. The molecule has 2 aliphatic rings. The summed E-state index contributed by atoms with van der Waals surface area (Å²) in [5.74, 6) is 0. The van der Waals surface area contributed by atoms with E-state index in [2.05, 4.69) is 58.7 Å². The summed E-state index contributed by atoms with van der Waals surface area (Å²) in [5.41, 5.74) is 7.17. The Labute approximate surface area is 138 Å². The van der Waals surface area contributed by atoms with Gasteiger partial charge in [-0.25, -0.2) is 4.68 Å².